The third kappa shape index (κ3) is 3.89. The lowest BCUT2D eigenvalue weighted by Gasteiger charge is -2.08. The van der Waals surface area contributed by atoms with E-state index < -0.39 is 12.6 Å². The highest BCUT2D eigenvalue weighted by atomic mass is 19.4. The number of alkyl halides is 3. The second kappa shape index (κ2) is 6.03. The van der Waals surface area contributed by atoms with E-state index in [1.54, 1.807) is 12.1 Å². The van der Waals surface area contributed by atoms with Crippen molar-refractivity contribution in [3.8, 4) is 11.3 Å². The largest absolute Gasteiger partial charge is 0.389 e. The standard InChI is InChI=1S/C19H16F3N/c1-13-3-2-4-16(11-13)17-8-7-15-6-5-14(12-18(15)23-17)9-10-19(20,21)22/h2-8,11-12H,9-10H2,1H3. The lowest BCUT2D eigenvalue weighted by atomic mass is 10.0. The summed E-state index contributed by atoms with van der Waals surface area (Å²) < 4.78 is 37.1. The van der Waals surface area contributed by atoms with Crippen LogP contribution in [0, 0.1) is 6.92 Å². The van der Waals surface area contributed by atoms with Crippen molar-refractivity contribution in [1.29, 1.82) is 0 Å². The van der Waals surface area contributed by atoms with E-state index in [4.69, 9.17) is 0 Å². The summed E-state index contributed by atoms with van der Waals surface area (Å²) in [6.45, 7) is 2.01. The van der Waals surface area contributed by atoms with Gasteiger partial charge in [-0.1, -0.05) is 42.0 Å². The summed E-state index contributed by atoms with van der Waals surface area (Å²) in [5.41, 5.74) is 4.36. The molecule has 0 bridgehead atoms. The molecule has 0 fully saturated rings. The Bertz CT molecular complexity index is 837. The second-order valence-corrected chi connectivity index (χ2v) is 5.71. The Morgan fingerprint density at radius 2 is 1.74 bits per heavy atom. The number of hydrogen-bond donors (Lipinski definition) is 0. The minimum atomic E-state index is -4.13. The Hall–Kier alpha value is -2.36. The van der Waals surface area contributed by atoms with Crippen molar-refractivity contribution in [3.63, 3.8) is 0 Å². The van der Waals surface area contributed by atoms with Crippen LogP contribution in [0.25, 0.3) is 22.2 Å². The first-order valence-electron chi connectivity index (χ1n) is 7.44. The van der Waals surface area contributed by atoms with Crippen LogP contribution in [0.4, 0.5) is 13.2 Å². The quantitative estimate of drug-likeness (QED) is 0.603. The predicted octanol–water partition coefficient (Wildman–Crippen LogP) is 5.71. The van der Waals surface area contributed by atoms with Crippen LogP contribution in [-0.4, -0.2) is 11.2 Å². The normalized spacial score (nSPS) is 11.8. The average molecular weight is 315 g/mol. The molecule has 0 unspecified atom stereocenters. The molecular weight excluding hydrogens is 299 g/mol. The molecule has 0 aliphatic heterocycles. The topological polar surface area (TPSA) is 12.9 Å². The van der Waals surface area contributed by atoms with E-state index in [0.29, 0.717) is 5.56 Å². The van der Waals surface area contributed by atoms with Crippen LogP contribution in [0.15, 0.2) is 54.6 Å². The van der Waals surface area contributed by atoms with E-state index >= 15 is 0 Å². The fraction of sp³-hybridized carbons (Fsp3) is 0.211. The van der Waals surface area contributed by atoms with E-state index in [2.05, 4.69) is 4.98 Å². The number of fused-ring (bicyclic) bond motifs is 1. The maximum Gasteiger partial charge on any atom is 0.389 e. The molecule has 3 aromatic rings. The summed E-state index contributed by atoms with van der Waals surface area (Å²) in [5, 5.41) is 0.928. The molecule has 3 rings (SSSR count). The van der Waals surface area contributed by atoms with Gasteiger partial charge in [0.05, 0.1) is 11.2 Å². The lowest BCUT2D eigenvalue weighted by Crippen LogP contribution is -2.08. The molecule has 0 saturated heterocycles. The molecular formula is C19H16F3N. The van der Waals surface area contributed by atoms with Crippen LogP contribution < -0.4 is 0 Å². The van der Waals surface area contributed by atoms with Crippen molar-refractivity contribution in [2.45, 2.75) is 25.9 Å². The van der Waals surface area contributed by atoms with Gasteiger partial charge in [0, 0.05) is 17.4 Å². The van der Waals surface area contributed by atoms with E-state index in [1.807, 2.05) is 49.4 Å². The number of aryl methyl sites for hydroxylation is 2. The van der Waals surface area contributed by atoms with Crippen molar-refractivity contribution in [3.05, 3.63) is 65.7 Å². The molecule has 1 nitrogen and oxygen atoms in total. The second-order valence-electron chi connectivity index (χ2n) is 5.71. The van der Waals surface area contributed by atoms with Gasteiger partial charge in [-0.05, 0) is 37.1 Å². The molecule has 0 radical (unpaired) electrons. The number of halogens is 3. The monoisotopic (exact) mass is 315 g/mol. The number of nitrogens with zero attached hydrogens (tertiary/aromatic N) is 1. The molecule has 0 spiro atoms. The molecule has 0 amide bonds. The lowest BCUT2D eigenvalue weighted by molar-refractivity contribution is -0.133. The summed E-state index contributed by atoms with van der Waals surface area (Å²) in [6.07, 6.45) is -4.96. The van der Waals surface area contributed by atoms with Gasteiger partial charge in [-0.25, -0.2) is 4.98 Å². The van der Waals surface area contributed by atoms with Crippen molar-refractivity contribution in [2.24, 2.45) is 0 Å². The Balaban J connectivity index is 1.94. The van der Waals surface area contributed by atoms with Crippen LogP contribution in [-0.2, 0) is 6.42 Å². The number of pyridine rings is 1. The van der Waals surface area contributed by atoms with Crippen molar-refractivity contribution < 1.29 is 13.2 Å². The Labute approximate surface area is 132 Å². The van der Waals surface area contributed by atoms with Gasteiger partial charge in [-0.15, -0.1) is 0 Å². The Kier molecular flexibility index (Phi) is 4.07. The van der Waals surface area contributed by atoms with Crippen LogP contribution >= 0.6 is 0 Å². The fourth-order valence-corrected chi connectivity index (χ4v) is 2.57. The molecule has 0 atom stereocenters. The third-order valence-corrected chi connectivity index (χ3v) is 3.77. The number of benzene rings is 2. The molecule has 1 heterocycles. The zero-order valence-corrected chi connectivity index (χ0v) is 12.7. The number of aromatic nitrogens is 1. The minimum Gasteiger partial charge on any atom is -0.248 e. The molecule has 23 heavy (non-hydrogen) atoms. The highest BCUT2D eigenvalue weighted by Crippen LogP contribution is 2.25. The first-order valence-corrected chi connectivity index (χ1v) is 7.44. The fourth-order valence-electron chi connectivity index (χ4n) is 2.57. The van der Waals surface area contributed by atoms with Gasteiger partial charge >= 0.3 is 6.18 Å². The van der Waals surface area contributed by atoms with Gasteiger partial charge in [-0.2, -0.15) is 13.2 Å². The molecule has 0 aliphatic carbocycles. The van der Waals surface area contributed by atoms with Crippen LogP contribution in [0.1, 0.15) is 17.5 Å². The summed E-state index contributed by atoms with van der Waals surface area (Å²) in [7, 11) is 0. The van der Waals surface area contributed by atoms with Crippen molar-refractivity contribution in [2.75, 3.05) is 0 Å². The van der Waals surface area contributed by atoms with E-state index in [0.717, 1.165) is 27.7 Å². The molecule has 0 N–H and O–H groups in total. The summed E-state index contributed by atoms with van der Waals surface area (Å²) >= 11 is 0. The highest BCUT2D eigenvalue weighted by molar-refractivity contribution is 5.82. The Morgan fingerprint density at radius 3 is 2.48 bits per heavy atom. The average Bonchev–Trinajstić information content (AvgIpc) is 2.51. The smallest absolute Gasteiger partial charge is 0.248 e. The van der Waals surface area contributed by atoms with Gasteiger partial charge in [0.25, 0.3) is 0 Å². The Morgan fingerprint density at radius 1 is 0.957 bits per heavy atom. The zero-order valence-electron chi connectivity index (χ0n) is 12.7. The molecule has 0 aliphatic rings. The third-order valence-electron chi connectivity index (χ3n) is 3.77. The molecule has 2 aromatic carbocycles. The van der Waals surface area contributed by atoms with Gasteiger partial charge in [0.1, 0.15) is 0 Å². The van der Waals surface area contributed by atoms with Crippen LogP contribution in [0.2, 0.25) is 0 Å². The SMILES string of the molecule is Cc1cccc(-c2ccc3ccc(CCC(F)(F)F)cc3n2)c1. The molecule has 4 heteroatoms. The number of hydrogen-bond acceptors (Lipinski definition) is 1. The van der Waals surface area contributed by atoms with E-state index in [-0.39, 0.29) is 6.42 Å². The van der Waals surface area contributed by atoms with Crippen molar-refractivity contribution >= 4 is 10.9 Å². The predicted molar refractivity (Wildman–Crippen MR) is 86.3 cm³/mol. The summed E-state index contributed by atoms with van der Waals surface area (Å²) in [6, 6.07) is 17.2. The molecule has 0 saturated carbocycles. The maximum absolute atomic E-state index is 12.4. The minimum absolute atomic E-state index is 0.0181. The first kappa shape index (κ1) is 15.5. The van der Waals surface area contributed by atoms with E-state index in [9.17, 15) is 13.2 Å². The highest BCUT2D eigenvalue weighted by Gasteiger charge is 2.26. The first-order chi connectivity index (χ1) is 10.9. The van der Waals surface area contributed by atoms with Gasteiger partial charge in [0.15, 0.2) is 0 Å². The molecule has 118 valence electrons. The van der Waals surface area contributed by atoms with Gasteiger partial charge in [0.2, 0.25) is 0 Å². The summed E-state index contributed by atoms with van der Waals surface area (Å²) in [4.78, 5) is 4.61. The zero-order chi connectivity index (χ0) is 16.4. The van der Waals surface area contributed by atoms with Crippen LogP contribution in [0.5, 0.6) is 0 Å². The van der Waals surface area contributed by atoms with Crippen LogP contribution in [0.3, 0.4) is 0 Å². The van der Waals surface area contributed by atoms with Crippen molar-refractivity contribution in [1.82, 2.24) is 4.98 Å². The molecule has 1 aromatic heterocycles. The summed E-state index contributed by atoms with van der Waals surface area (Å²) in [5.74, 6) is 0. The maximum atomic E-state index is 12.4. The van der Waals surface area contributed by atoms with Gasteiger partial charge < -0.3 is 0 Å². The number of rotatable bonds is 3. The van der Waals surface area contributed by atoms with Gasteiger partial charge in [-0.3, -0.25) is 0 Å². The van der Waals surface area contributed by atoms with E-state index in [1.165, 1.54) is 0 Å².